The number of halogens is 1. The normalized spacial score (nSPS) is 15.6. The number of ether oxygens (including phenoxy) is 1. The Kier molecular flexibility index (Phi) is 8.08. The summed E-state index contributed by atoms with van der Waals surface area (Å²) in [6.45, 7) is 3.38. The Morgan fingerprint density at radius 3 is 2.37 bits per heavy atom. The third-order valence-corrected chi connectivity index (χ3v) is 7.34. The van der Waals surface area contributed by atoms with Gasteiger partial charge in [-0.3, -0.25) is 9.59 Å². The summed E-state index contributed by atoms with van der Waals surface area (Å²) in [4.78, 5) is 32.2. The van der Waals surface area contributed by atoms with Gasteiger partial charge in [0.2, 0.25) is 5.91 Å². The molecular weight excluding hydrogens is 502 g/mol. The van der Waals surface area contributed by atoms with Crippen molar-refractivity contribution in [3.8, 4) is 17.0 Å². The number of amides is 2. The summed E-state index contributed by atoms with van der Waals surface area (Å²) < 4.78 is 5.22. The molecule has 0 atom stereocenters. The molecule has 9 heteroatoms. The molecule has 198 valence electrons. The van der Waals surface area contributed by atoms with Crippen molar-refractivity contribution >= 4 is 29.2 Å². The molecule has 2 heterocycles. The van der Waals surface area contributed by atoms with Crippen LogP contribution in [0.4, 0.5) is 5.82 Å². The van der Waals surface area contributed by atoms with Crippen molar-refractivity contribution in [3.05, 3.63) is 71.2 Å². The topological polar surface area (TPSA) is 78.9 Å². The molecule has 2 aromatic carbocycles. The first-order chi connectivity index (χ1) is 18.5. The Morgan fingerprint density at radius 1 is 0.947 bits per heavy atom. The van der Waals surface area contributed by atoms with Gasteiger partial charge in [0.1, 0.15) is 12.3 Å². The molecule has 1 saturated carbocycles. The fourth-order valence-electron chi connectivity index (χ4n) is 4.68. The highest BCUT2D eigenvalue weighted by atomic mass is 35.5. The number of benzene rings is 2. The summed E-state index contributed by atoms with van der Waals surface area (Å²) >= 11 is 5.99. The zero-order valence-electron chi connectivity index (χ0n) is 21.6. The van der Waals surface area contributed by atoms with E-state index in [1.807, 2.05) is 41.3 Å². The first-order valence-corrected chi connectivity index (χ1v) is 13.4. The van der Waals surface area contributed by atoms with Crippen molar-refractivity contribution in [2.24, 2.45) is 5.92 Å². The van der Waals surface area contributed by atoms with Gasteiger partial charge in [-0.25, -0.2) is 0 Å². The summed E-state index contributed by atoms with van der Waals surface area (Å²) in [7, 11) is 1.64. The number of anilines is 1. The monoisotopic (exact) mass is 533 g/mol. The second kappa shape index (κ2) is 11.8. The lowest BCUT2D eigenvalue weighted by atomic mass is 10.1. The molecule has 38 heavy (non-hydrogen) atoms. The molecular formula is C29H32ClN5O3. The summed E-state index contributed by atoms with van der Waals surface area (Å²) in [5.74, 6) is 1.94. The van der Waals surface area contributed by atoms with Crippen molar-refractivity contribution < 1.29 is 14.3 Å². The zero-order chi connectivity index (χ0) is 26.5. The summed E-state index contributed by atoms with van der Waals surface area (Å²) in [6.07, 6.45) is 3.03. The number of carbonyl (C=O) groups excluding carboxylic acids is 2. The molecule has 1 aliphatic heterocycles. The molecule has 2 aliphatic rings. The Labute approximate surface area is 228 Å². The molecule has 0 spiro atoms. The van der Waals surface area contributed by atoms with Crippen molar-refractivity contribution in [2.45, 2.75) is 19.3 Å². The van der Waals surface area contributed by atoms with E-state index in [0.29, 0.717) is 42.7 Å². The van der Waals surface area contributed by atoms with Crippen LogP contribution in [0.1, 0.15) is 29.6 Å². The van der Waals surface area contributed by atoms with Gasteiger partial charge in [-0.2, -0.15) is 0 Å². The van der Waals surface area contributed by atoms with Gasteiger partial charge in [-0.15, -0.1) is 10.2 Å². The number of rotatable bonds is 8. The molecule has 2 fully saturated rings. The van der Waals surface area contributed by atoms with E-state index in [9.17, 15) is 9.59 Å². The van der Waals surface area contributed by atoms with Crippen LogP contribution in [0.15, 0.2) is 60.7 Å². The van der Waals surface area contributed by atoms with Gasteiger partial charge in [0.15, 0.2) is 5.82 Å². The number of carbonyl (C=O) groups is 2. The predicted molar refractivity (Wildman–Crippen MR) is 148 cm³/mol. The maximum atomic E-state index is 13.3. The first kappa shape index (κ1) is 26.0. The Morgan fingerprint density at radius 2 is 1.71 bits per heavy atom. The second-order valence-corrected chi connectivity index (χ2v) is 10.3. The van der Waals surface area contributed by atoms with Crippen molar-refractivity contribution in [3.63, 3.8) is 0 Å². The fourth-order valence-corrected chi connectivity index (χ4v) is 4.80. The van der Waals surface area contributed by atoms with E-state index in [4.69, 9.17) is 16.3 Å². The van der Waals surface area contributed by atoms with Crippen LogP contribution in [0, 0.1) is 5.92 Å². The van der Waals surface area contributed by atoms with Gasteiger partial charge in [-0.1, -0.05) is 11.6 Å². The molecule has 1 saturated heterocycles. The van der Waals surface area contributed by atoms with Crippen molar-refractivity contribution in [2.75, 3.05) is 51.3 Å². The lowest BCUT2D eigenvalue weighted by molar-refractivity contribution is -0.131. The van der Waals surface area contributed by atoms with Crippen LogP contribution < -0.4 is 9.64 Å². The molecule has 1 aromatic heterocycles. The van der Waals surface area contributed by atoms with Crippen LogP contribution in [0.3, 0.4) is 0 Å². The van der Waals surface area contributed by atoms with E-state index in [2.05, 4.69) is 15.1 Å². The van der Waals surface area contributed by atoms with E-state index >= 15 is 0 Å². The van der Waals surface area contributed by atoms with Gasteiger partial charge in [0.25, 0.3) is 5.91 Å². The van der Waals surface area contributed by atoms with Crippen LogP contribution in [0.2, 0.25) is 5.02 Å². The summed E-state index contributed by atoms with van der Waals surface area (Å²) in [6, 6.07) is 18.5. The Bertz CT molecular complexity index is 1250. The minimum Gasteiger partial charge on any atom is -0.497 e. The molecule has 3 aromatic rings. The number of aromatic nitrogens is 2. The van der Waals surface area contributed by atoms with Crippen LogP contribution in [0.5, 0.6) is 5.75 Å². The highest BCUT2D eigenvalue weighted by molar-refractivity contribution is 6.30. The number of hydrogen-bond donors (Lipinski definition) is 0. The van der Waals surface area contributed by atoms with E-state index in [1.54, 1.807) is 36.3 Å². The van der Waals surface area contributed by atoms with Gasteiger partial charge in [0.05, 0.1) is 12.8 Å². The SMILES string of the molecule is COc1ccc(-c2ccc(N3CCCN(C(=O)CN(CC4CC4)C(=O)c4ccc(Cl)cc4)CC3)nn2)cc1. The highest BCUT2D eigenvalue weighted by Crippen LogP contribution is 2.30. The minimum atomic E-state index is -0.120. The fraction of sp³-hybridized carbons (Fsp3) is 0.379. The van der Waals surface area contributed by atoms with E-state index in [0.717, 1.165) is 48.6 Å². The molecule has 2 amide bonds. The van der Waals surface area contributed by atoms with Crippen LogP contribution >= 0.6 is 11.6 Å². The van der Waals surface area contributed by atoms with E-state index in [1.165, 1.54) is 0 Å². The van der Waals surface area contributed by atoms with Gasteiger partial charge in [0, 0.05) is 48.9 Å². The average molecular weight is 534 g/mol. The highest BCUT2D eigenvalue weighted by Gasteiger charge is 2.30. The van der Waals surface area contributed by atoms with Crippen molar-refractivity contribution in [1.29, 1.82) is 0 Å². The smallest absolute Gasteiger partial charge is 0.254 e. The molecule has 1 aliphatic carbocycles. The summed E-state index contributed by atoms with van der Waals surface area (Å²) in [5, 5.41) is 9.47. The first-order valence-electron chi connectivity index (χ1n) is 13.1. The maximum absolute atomic E-state index is 13.3. The number of hydrogen-bond acceptors (Lipinski definition) is 6. The largest absolute Gasteiger partial charge is 0.497 e. The maximum Gasteiger partial charge on any atom is 0.254 e. The predicted octanol–water partition coefficient (Wildman–Crippen LogP) is 4.40. The molecule has 5 rings (SSSR count). The third kappa shape index (κ3) is 6.42. The molecule has 8 nitrogen and oxygen atoms in total. The van der Waals surface area contributed by atoms with Crippen molar-refractivity contribution in [1.82, 2.24) is 20.0 Å². The second-order valence-electron chi connectivity index (χ2n) is 9.86. The Balaban J connectivity index is 1.19. The van der Waals surface area contributed by atoms with E-state index < -0.39 is 0 Å². The van der Waals surface area contributed by atoms with Gasteiger partial charge < -0.3 is 19.4 Å². The summed E-state index contributed by atoms with van der Waals surface area (Å²) in [5.41, 5.74) is 2.33. The number of nitrogens with zero attached hydrogens (tertiary/aromatic N) is 5. The lowest BCUT2D eigenvalue weighted by Gasteiger charge is -2.27. The quantitative estimate of drug-likeness (QED) is 0.427. The van der Waals surface area contributed by atoms with Gasteiger partial charge >= 0.3 is 0 Å². The van der Waals surface area contributed by atoms with Gasteiger partial charge in [-0.05, 0) is 85.8 Å². The Hall–Kier alpha value is -3.65. The van der Waals surface area contributed by atoms with Crippen LogP contribution in [0.25, 0.3) is 11.3 Å². The molecule has 0 radical (unpaired) electrons. The third-order valence-electron chi connectivity index (χ3n) is 7.09. The average Bonchev–Trinajstić information content (AvgIpc) is 3.80. The molecule has 0 bridgehead atoms. The molecule has 0 N–H and O–H groups in total. The lowest BCUT2D eigenvalue weighted by Crippen LogP contribution is -2.45. The van der Waals surface area contributed by atoms with E-state index in [-0.39, 0.29) is 18.4 Å². The minimum absolute atomic E-state index is 0.0178. The van der Waals surface area contributed by atoms with Crippen LogP contribution in [-0.4, -0.2) is 78.2 Å². The molecule has 0 unspecified atom stereocenters. The zero-order valence-corrected chi connectivity index (χ0v) is 22.3. The standard InChI is InChI=1S/C29H32ClN5O3/c1-38-25-11-7-22(8-12-25)26-13-14-27(32-31-26)33-15-2-16-34(18-17-33)28(36)20-35(19-21-3-4-21)29(37)23-5-9-24(30)10-6-23/h5-14,21H,2-4,15-20H2,1H3. The number of methoxy groups -OCH3 is 1. The van der Waals surface area contributed by atoms with Crippen LogP contribution in [-0.2, 0) is 4.79 Å².